The molecule has 1 aromatic rings. The van der Waals surface area contributed by atoms with Gasteiger partial charge in [-0.25, -0.2) is 0 Å². The first-order valence-corrected chi connectivity index (χ1v) is 6.69. The van der Waals surface area contributed by atoms with Crippen molar-refractivity contribution in [3.8, 4) is 0 Å². The van der Waals surface area contributed by atoms with Crippen LogP contribution in [-0.2, 0) is 4.79 Å². The van der Waals surface area contributed by atoms with Gasteiger partial charge in [-0.3, -0.25) is 9.48 Å². The van der Waals surface area contributed by atoms with Crippen LogP contribution in [0.15, 0.2) is 18.5 Å². The Morgan fingerprint density at radius 1 is 1.39 bits per heavy atom. The SMILES string of the molecule is C[C@H](NCC(=O)N1CCCC1)[C@@H](C)n1cccn1. The Hall–Kier alpha value is -1.36. The van der Waals surface area contributed by atoms with Gasteiger partial charge in [-0.1, -0.05) is 0 Å². The van der Waals surface area contributed by atoms with Gasteiger partial charge in [0.15, 0.2) is 0 Å². The van der Waals surface area contributed by atoms with E-state index in [1.165, 1.54) is 0 Å². The van der Waals surface area contributed by atoms with Gasteiger partial charge in [0, 0.05) is 31.5 Å². The van der Waals surface area contributed by atoms with E-state index in [-0.39, 0.29) is 18.0 Å². The molecule has 2 atom stereocenters. The van der Waals surface area contributed by atoms with Gasteiger partial charge in [-0.2, -0.15) is 5.10 Å². The molecule has 0 aromatic carbocycles. The van der Waals surface area contributed by atoms with Crippen molar-refractivity contribution < 1.29 is 4.79 Å². The monoisotopic (exact) mass is 250 g/mol. The molecule has 2 heterocycles. The molecule has 0 unspecified atom stereocenters. The second-order valence-corrected chi connectivity index (χ2v) is 4.98. The Kier molecular flexibility index (Phi) is 4.36. The van der Waals surface area contributed by atoms with Crippen LogP contribution in [0.5, 0.6) is 0 Å². The van der Waals surface area contributed by atoms with Crippen molar-refractivity contribution in [3.05, 3.63) is 18.5 Å². The largest absolute Gasteiger partial charge is 0.342 e. The first-order valence-electron chi connectivity index (χ1n) is 6.69. The van der Waals surface area contributed by atoms with Gasteiger partial charge < -0.3 is 10.2 Å². The molecule has 18 heavy (non-hydrogen) atoms. The molecule has 0 radical (unpaired) electrons. The van der Waals surface area contributed by atoms with Crippen LogP contribution in [0.25, 0.3) is 0 Å². The number of nitrogens with zero attached hydrogens (tertiary/aromatic N) is 3. The summed E-state index contributed by atoms with van der Waals surface area (Å²) in [6, 6.07) is 2.38. The molecule has 0 bridgehead atoms. The highest BCUT2D eigenvalue weighted by Crippen LogP contribution is 2.10. The highest BCUT2D eigenvalue weighted by Gasteiger charge is 2.20. The van der Waals surface area contributed by atoms with Crippen molar-refractivity contribution in [2.45, 2.75) is 38.8 Å². The topological polar surface area (TPSA) is 50.2 Å². The molecule has 1 saturated heterocycles. The van der Waals surface area contributed by atoms with Crippen molar-refractivity contribution in [1.82, 2.24) is 20.0 Å². The second-order valence-electron chi connectivity index (χ2n) is 4.98. The number of amides is 1. The Morgan fingerprint density at radius 2 is 2.11 bits per heavy atom. The zero-order chi connectivity index (χ0) is 13.0. The molecule has 1 aliphatic heterocycles. The minimum Gasteiger partial charge on any atom is -0.342 e. The van der Waals surface area contributed by atoms with Crippen molar-refractivity contribution >= 4 is 5.91 Å². The lowest BCUT2D eigenvalue weighted by atomic mass is 10.2. The normalized spacial score (nSPS) is 18.9. The van der Waals surface area contributed by atoms with E-state index < -0.39 is 0 Å². The minimum atomic E-state index is 0.215. The molecule has 1 amide bonds. The number of likely N-dealkylation sites (tertiary alicyclic amines) is 1. The number of aromatic nitrogens is 2. The fraction of sp³-hybridized carbons (Fsp3) is 0.692. The quantitative estimate of drug-likeness (QED) is 0.849. The Labute approximate surface area is 108 Å². The maximum Gasteiger partial charge on any atom is 0.236 e. The Bertz CT molecular complexity index is 370. The minimum absolute atomic E-state index is 0.215. The average Bonchev–Trinajstić information content (AvgIpc) is 3.05. The van der Waals surface area contributed by atoms with E-state index >= 15 is 0 Å². The van der Waals surface area contributed by atoms with Crippen LogP contribution < -0.4 is 5.32 Å². The summed E-state index contributed by atoms with van der Waals surface area (Å²) < 4.78 is 1.91. The third-order valence-corrected chi connectivity index (χ3v) is 3.70. The van der Waals surface area contributed by atoms with Crippen molar-refractivity contribution in [2.24, 2.45) is 0 Å². The molecule has 1 aromatic heterocycles. The van der Waals surface area contributed by atoms with Crippen LogP contribution in [0, 0.1) is 0 Å². The van der Waals surface area contributed by atoms with Gasteiger partial charge in [0.05, 0.1) is 12.6 Å². The standard InChI is InChI=1S/C13H22N4O/c1-11(12(2)17-9-5-6-15-17)14-10-13(18)16-7-3-4-8-16/h5-6,9,11-12,14H,3-4,7-8,10H2,1-2H3/t11-,12+/m0/s1. The molecular weight excluding hydrogens is 228 g/mol. The molecular formula is C13H22N4O. The first-order chi connectivity index (χ1) is 8.68. The Balaban J connectivity index is 1.77. The lowest BCUT2D eigenvalue weighted by molar-refractivity contribution is -0.129. The molecule has 1 N–H and O–H groups in total. The molecule has 2 rings (SSSR count). The maximum absolute atomic E-state index is 11.9. The summed E-state index contributed by atoms with van der Waals surface area (Å²) in [6.07, 6.45) is 6.01. The number of rotatable bonds is 5. The van der Waals surface area contributed by atoms with E-state index in [1.807, 2.05) is 21.8 Å². The molecule has 0 spiro atoms. The number of nitrogens with one attached hydrogen (secondary N) is 1. The number of hydrogen-bond acceptors (Lipinski definition) is 3. The zero-order valence-corrected chi connectivity index (χ0v) is 11.2. The fourth-order valence-corrected chi connectivity index (χ4v) is 2.25. The highest BCUT2D eigenvalue weighted by molar-refractivity contribution is 5.78. The van der Waals surface area contributed by atoms with Crippen LogP contribution in [0.4, 0.5) is 0 Å². The van der Waals surface area contributed by atoms with Gasteiger partial charge in [0.25, 0.3) is 0 Å². The molecule has 1 fully saturated rings. The molecule has 1 aliphatic rings. The van der Waals surface area contributed by atoms with Gasteiger partial charge in [0.2, 0.25) is 5.91 Å². The zero-order valence-electron chi connectivity index (χ0n) is 11.2. The van der Waals surface area contributed by atoms with Gasteiger partial charge >= 0.3 is 0 Å². The van der Waals surface area contributed by atoms with Crippen LogP contribution in [0.3, 0.4) is 0 Å². The van der Waals surface area contributed by atoms with Gasteiger partial charge in [-0.05, 0) is 32.8 Å². The third-order valence-electron chi connectivity index (χ3n) is 3.70. The average molecular weight is 250 g/mol. The second kappa shape index (κ2) is 6.00. The summed E-state index contributed by atoms with van der Waals surface area (Å²) in [5.74, 6) is 0.215. The highest BCUT2D eigenvalue weighted by atomic mass is 16.2. The molecule has 0 aliphatic carbocycles. The van der Waals surface area contributed by atoms with Gasteiger partial charge in [0.1, 0.15) is 0 Å². The fourth-order valence-electron chi connectivity index (χ4n) is 2.25. The van der Waals surface area contributed by atoms with Crippen LogP contribution in [0.2, 0.25) is 0 Å². The lowest BCUT2D eigenvalue weighted by Crippen LogP contribution is -2.42. The first kappa shape index (κ1) is 13.1. The van der Waals surface area contributed by atoms with E-state index in [2.05, 4.69) is 24.3 Å². The summed E-state index contributed by atoms with van der Waals surface area (Å²) in [5.41, 5.74) is 0. The maximum atomic E-state index is 11.9. The molecule has 5 nitrogen and oxygen atoms in total. The Morgan fingerprint density at radius 3 is 2.72 bits per heavy atom. The van der Waals surface area contributed by atoms with Crippen LogP contribution in [0.1, 0.15) is 32.7 Å². The summed E-state index contributed by atoms with van der Waals surface area (Å²) in [5, 5.41) is 7.52. The van der Waals surface area contributed by atoms with Crippen LogP contribution in [-0.4, -0.2) is 46.3 Å². The van der Waals surface area contributed by atoms with Crippen molar-refractivity contribution in [3.63, 3.8) is 0 Å². The lowest BCUT2D eigenvalue weighted by Gasteiger charge is -2.23. The third kappa shape index (κ3) is 3.10. The van der Waals surface area contributed by atoms with E-state index in [1.54, 1.807) is 6.20 Å². The van der Waals surface area contributed by atoms with Crippen LogP contribution >= 0.6 is 0 Å². The molecule has 100 valence electrons. The summed E-state index contributed by atoms with van der Waals surface area (Å²) in [7, 11) is 0. The van der Waals surface area contributed by atoms with E-state index in [0.717, 1.165) is 25.9 Å². The number of hydrogen-bond donors (Lipinski definition) is 1. The van der Waals surface area contributed by atoms with Crippen molar-refractivity contribution in [1.29, 1.82) is 0 Å². The predicted molar refractivity (Wildman–Crippen MR) is 70.2 cm³/mol. The molecule has 0 saturated carbocycles. The smallest absolute Gasteiger partial charge is 0.236 e. The number of carbonyl (C=O) groups excluding carboxylic acids is 1. The van der Waals surface area contributed by atoms with E-state index in [9.17, 15) is 4.79 Å². The summed E-state index contributed by atoms with van der Waals surface area (Å²) in [6.45, 7) is 6.45. The molecule has 5 heteroatoms. The van der Waals surface area contributed by atoms with E-state index in [0.29, 0.717) is 6.54 Å². The van der Waals surface area contributed by atoms with Crippen molar-refractivity contribution in [2.75, 3.05) is 19.6 Å². The van der Waals surface area contributed by atoms with Gasteiger partial charge in [-0.15, -0.1) is 0 Å². The predicted octanol–water partition coefficient (Wildman–Crippen LogP) is 1.04. The summed E-state index contributed by atoms with van der Waals surface area (Å²) in [4.78, 5) is 13.8. The summed E-state index contributed by atoms with van der Waals surface area (Å²) >= 11 is 0. The van der Waals surface area contributed by atoms with E-state index in [4.69, 9.17) is 0 Å². The number of carbonyl (C=O) groups is 1.